The quantitative estimate of drug-likeness (QED) is 0.742. The highest BCUT2D eigenvalue weighted by Crippen LogP contribution is 2.24. The fourth-order valence-corrected chi connectivity index (χ4v) is 4.62. The number of hydrogen-bond acceptors (Lipinski definition) is 4. The predicted molar refractivity (Wildman–Crippen MR) is 92.4 cm³/mol. The van der Waals surface area contributed by atoms with E-state index in [1.165, 1.54) is 4.31 Å². The first-order chi connectivity index (χ1) is 11.4. The van der Waals surface area contributed by atoms with E-state index < -0.39 is 16.0 Å². The number of carboxylic acids is 1. The highest BCUT2D eigenvalue weighted by Gasteiger charge is 2.30. The van der Waals surface area contributed by atoms with Crippen LogP contribution in [0.3, 0.4) is 0 Å². The molecule has 1 aromatic rings. The van der Waals surface area contributed by atoms with Crippen LogP contribution >= 0.6 is 0 Å². The van der Waals surface area contributed by atoms with E-state index >= 15 is 0 Å². The fourth-order valence-electron chi connectivity index (χ4n) is 3.06. The standard InChI is InChI=1S/C17H26N2O4S/c1-2-4-14-6-8-16(9-7-14)24(22,23)19-10-3-5-15(13-19)11-18-12-17(20)21/h6-9,15,18H,2-5,10-13H2,1H3,(H,20,21). The normalized spacial score (nSPS) is 19.3. The topological polar surface area (TPSA) is 86.7 Å². The van der Waals surface area contributed by atoms with Crippen molar-refractivity contribution in [1.82, 2.24) is 9.62 Å². The van der Waals surface area contributed by atoms with Gasteiger partial charge in [0.15, 0.2) is 0 Å². The maximum absolute atomic E-state index is 12.8. The molecular formula is C17H26N2O4S. The molecule has 0 bridgehead atoms. The number of nitrogens with one attached hydrogen (secondary N) is 1. The Hall–Kier alpha value is -1.44. The summed E-state index contributed by atoms with van der Waals surface area (Å²) in [5, 5.41) is 11.5. The Labute approximate surface area is 143 Å². The second-order valence-electron chi connectivity index (χ2n) is 6.29. The Kier molecular flexibility index (Phi) is 6.77. The van der Waals surface area contributed by atoms with Crippen LogP contribution in [-0.2, 0) is 21.2 Å². The summed E-state index contributed by atoms with van der Waals surface area (Å²) < 4.78 is 27.1. The molecule has 0 spiro atoms. The summed E-state index contributed by atoms with van der Waals surface area (Å²) >= 11 is 0. The zero-order valence-corrected chi connectivity index (χ0v) is 14.9. The van der Waals surface area contributed by atoms with E-state index in [4.69, 9.17) is 5.11 Å². The molecule has 0 saturated carbocycles. The minimum absolute atomic E-state index is 0.0951. The molecule has 134 valence electrons. The third-order valence-electron chi connectivity index (χ3n) is 4.29. The highest BCUT2D eigenvalue weighted by molar-refractivity contribution is 7.89. The highest BCUT2D eigenvalue weighted by atomic mass is 32.2. The molecule has 1 aliphatic rings. The lowest BCUT2D eigenvalue weighted by Crippen LogP contribution is -2.43. The maximum Gasteiger partial charge on any atom is 0.317 e. The Morgan fingerprint density at radius 1 is 1.33 bits per heavy atom. The monoisotopic (exact) mass is 354 g/mol. The van der Waals surface area contributed by atoms with Gasteiger partial charge in [-0.05, 0) is 49.4 Å². The lowest BCUT2D eigenvalue weighted by molar-refractivity contribution is -0.136. The Morgan fingerprint density at radius 2 is 2.04 bits per heavy atom. The van der Waals surface area contributed by atoms with Crippen LogP contribution in [0.5, 0.6) is 0 Å². The summed E-state index contributed by atoms with van der Waals surface area (Å²) in [6, 6.07) is 7.14. The first kappa shape index (κ1) is 18.9. The van der Waals surface area contributed by atoms with Gasteiger partial charge in [0.2, 0.25) is 10.0 Å². The third kappa shape index (κ3) is 5.03. The fraction of sp³-hybridized carbons (Fsp3) is 0.588. The minimum atomic E-state index is -3.48. The molecule has 1 unspecified atom stereocenters. The molecule has 0 radical (unpaired) electrons. The smallest absolute Gasteiger partial charge is 0.317 e. The molecule has 0 amide bonds. The van der Waals surface area contributed by atoms with Crippen molar-refractivity contribution in [3.8, 4) is 0 Å². The van der Waals surface area contributed by atoms with E-state index in [0.29, 0.717) is 24.5 Å². The predicted octanol–water partition coefficient (Wildman–Crippen LogP) is 1.71. The molecule has 1 fully saturated rings. The molecule has 2 N–H and O–H groups in total. The summed E-state index contributed by atoms with van der Waals surface area (Å²) in [5.74, 6) is -0.755. The van der Waals surface area contributed by atoms with E-state index in [0.717, 1.165) is 31.2 Å². The van der Waals surface area contributed by atoms with Crippen LogP contribution in [-0.4, -0.2) is 50.0 Å². The average molecular weight is 354 g/mol. The number of sulfonamides is 1. The van der Waals surface area contributed by atoms with Crippen LogP contribution in [0.15, 0.2) is 29.2 Å². The second-order valence-corrected chi connectivity index (χ2v) is 8.23. The Morgan fingerprint density at radius 3 is 2.67 bits per heavy atom. The average Bonchev–Trinajstić information content (AvgIpc) is 2.56. The number of benzene rings is 1. The number of rotatable bonds is 8. The molecule has 24 heavy (non-hydrogen) atoms. The van der Waals surface area contributed by atoms with E-state index in [2.05, 4.69) is 12.2 Å². The molecule has 2 rings (SSSR count). The second kappa shape index (κ2) is 8.60. The van der Waals surface area contributed by atoms with Crippen molar-refractivity contribution >= 4 is 16.0 Å². The van der Waals surface area contributed by atoms with Crippen LogP contribution in [0, 0.1) is 5.92 Å². The van der Waals surface area contributed by atoms with Crippen molar-refractivity contribution in [2.45, 2.75) is 37.5 Å². The Balaban J connectivity index is 2.01. The molecular weight excluding hydrogens is 328 g/mol. The van der Waals surface area contributed by atoms with E-state index in [1.807, 2.05) is 12.1 Å². The number of piperidine rings is 1. The molecule has 0 aromatic heterocycles. The van der Waals surface area contributed by atoms with Crippen LogP contribution in [0.1, 0.15) is 31.7 Å². The lowest BCUT2D eigenvalue weighted by Gasteiger charge is -2.32. The van der Waals surface area contributed by atoms with Gasteiger partial charge in [-0.25, -0.2) is 8.42 Å². The maximum atomic E-state index is 12.8. The SMILES string of the molecule is CCCc1ccc(S(=O)(=O)N2CCCC(CNCC(=O)O)C2)cc1. The molecule has 1 aromatic carbocycles. The first-order valence-corrected chi connectivity index (χ1v) is 9.89. The summed E-state index contributed by atoms with van der Waals surface area (Å²) in [6.45, 7) is 3.48. The van der Waals surface area contributed by atoms with Gasteiger partial charge in [0.1, 0.15) is 0 Å². The van der Waals surface area contributed by atoms with E-state index in [9.17, 15) is 13.2 Å². The van der Waals surface area contributed by atoms with Gasteiger partial charge in [0, 0.05) is 13.1 Å². The number of aliphatic carboxylic acids is 1. The summed E-state index contributed by atoms with van der Waals surface area (Å²) in [6.07, 6.45) is 3.69. The number of carbonyl (C=O) groups is 1. The van der Waals surface area contributed by atoms with Crippen molar-refractivity contribution in [3.63, 3.8) is 0 Å². The first-order valence-electron chi connectivity index (χ1n) is 8.45. The van der Waals surface area contributed by atoms with Gasteiger partial charge in [0.25, 0.3) is 0 Å². The minimum Gasteiger partial charge on any atom is -0.480 e. The largest absolute Gasteiger partial charge is 0.480 e. The zero-order chi connectivity index (χ0) is 17.6. The number of carboxylic acid groups (broad SMARTS) is 1. The van der Waals surface area contributed by atoms with Gasteiger partial charge >= 0.3 is 5.97 Å². The van der Waals surface area contributed by atoms with Crippen molar-refractivity contribution in [1.29, 1.82) is 0 Å². The number of aryl methyl sites for hydroxylation is 1. The molecule has 1 aliphatic heterocycles. The van der Waals surface area contributed by atoms with Gasteiger partial charge in [-0.2, -0.15) is 4.31 Å². The Bertz CT molecular complexity index is 643. The molecule has 6 nitrogen and oxygen atoms in total. The third-order valence-corrected chi connectivity index (χ3v) is 6.17. The van der Waals surface area contributed by atoms with Gasteiger partial charge in [-0.3, -0.25) is 4.79 Å². The van der Waals surface area contributed by atoms with Crippen LogP contribution in [0.2, 0.25) is 0 Å². The summed E-state index contributed by atoms with van der Waals surface area (Å²) in [7, 11) is -3.48. The van der Waals surface area contributed by atoms with Gasteiger partial charge in [0.05, 0.1) is 11.4 Å². The molecule has 7 heteroatoms. The summed E-state index contributed by atoms with van der Waals surface area (Å²) in [5.41, 5.74) is 1.14. The molecule has 0 aliphatic carbocycles. The van der Waals surface area contributed by atoms with Crippen molar-refractivity contribution in [3.05, 3.63) is 29.8 Å². The van der Waals surface area contributed by atoms with Crippen LogP contribution in [0.4, 0.5) is 0 Å². The number of hydrogen-bond donors (Lipinski definition) is 2. The van der Waals surface area contributed by atoms with Crippen molar-refractivity contribution < 1.29 is 18.3 Å². The molecule has 1 heterocycles. The van der Waals surface area contributed by atoms with Gasteiger partial charge < -0.3 is 10.4 Å². The van der Waals surface area contributed by atoms with E-state index in [1.54, 1.807) is 12.1 Å². The van der Waals surface area contributed by atoms with Gasteiger partial charge in [-0.15, -0.1) is 0 Å². The lowest BCUT2D eigenvalue weighted by atomic mass is 10.00. The van der Waals surface area contributed by atoms with Crippen LogP contribution < -0.4 is 5.32 Å². The van der Waals surface area contributed by atoms with Crippen LogP contribution in [0.25, 0.3) is 0 Å². The van der Waals surface area contributed by atoms with Crippen molar-refractivity contribution in [2.24, 2.45) is 5.92 Å². The number of nitrogens with zero attached hydrogens (tertiary/aromatic N) is 1. The zero-order valence-electron chi connectivity index (χ0n) is 14.1. The molecule has 1 atom stereocenters. The summed E-state index contributed by atoms with van der Waals surface area (Å²) in [4.78, 5) is 10.9. The van der Waals surface area contributed by atoms with Gasteiger partial charge in [-0.1, -0.05) is 25.5 Å². The van der Waals surface area contributed by atoms with Crippen molar-refractivity contribution in [2.75, 3.05) is 26.2 Å². The van der Waals surface area contributed by atoms with E-state index in [-0.39, 0.29) is 12.5 Å². The molecule has 1 saturated heterocycles.